The number of methoxy groups -OCH3 is 1. The van der Waals surface area contributed by atoms with Crippen LogP contribution in [0, 0.1) is 0 Å². The molecule has 0 aliphatic heterocycles. The molecule has 0 spiro atoms. The molecule has 0 saturated carbocycles. The number of nitrogens with zero attached hydrogens (tertiary/aromatic N) is 4. The van der Waals surface area contributed by atoms with Crippen LogP contribution in [-0.2, 0) is 17.7 Å². The summed E-state index contributed by atoms with van der Waals surface area (Å²) in [5, 5.41) is 10.5. The number of ether oxygens (including phenoxy) is 1. The van der Waals surface area contributed by atoms with Crippen molar-refractivity contribution in [1.82, 2.24) is 19.7 Å². The molecule has 2 N–H and O–H groups in total. The van der Waals surface area contributed by atoms with E-state index in [1.807, 2.05) is 9.95 Å². The van der Waals surface area contributed by atoms with Crippen molar-refractivity contribution in [2.75, 3.05) is 19.5 Å². The van der Waals surface area contributed by atoms with E-state index in [1.54, 1.807) is 13.4 Å². The number of hydrogen-bond acceptors (Lipinski definition) is 6. The average Bonchev–Trinajstić information content (AvgIpc) is 2.86. The lowest BCUT2D eigenvalue weighted by Crippen LogP contribution is -2.08. The molecule has 0 aromatic carbocycles. The minimum Gasteiger partial charge on any atom is -0.383 e. The van der Waals surface area contributed by atoms with Crippen molar-refractivity contribution in [1.29, 1.82) is 0 Å². The molecule has 0 aliphatic rings. The Labute approximate surface area is 97.1 Å². The van der Waals surface area contributed by atoms with Gasteiger partial charge in [-0.1, -0.05) is 0 Å². The first-order chi connectivity index (χ1) is 7.79. The average molecular weight is 239 g/mol. The van der Waals surface area contributed by atoms with Gasteiger partial charge in [0.2, 0.25) is 0 Å². The molecule has 2 heterocycles. The van der Waals surface area contributed by atoms with E-state index in [1.165, 1.54) is 11.3 Å². The maximum absolute atomic E-state index is 5.57. The van der Waals surface area contributed by atoms with E-state index in [-0.39, 0.29) is 0 Å². The van der Waals surface area contributed by atoms with Gasteiger partial charge in [0.05, 0.1) is 18.7 Å². The molecule has 2 aromatic rings. The standard InChI is InChI=1S/C9H13N5OS/c1-15-3-2-14-6-11-13-8(14)4-7-5-16-9(10)12-7/h5-6H,2-4H2,1H3,(H2,10,12). The van der Waals surface area contributed by atoms with Gasteiger partial charge in [-0.25, -0.2) is 4.98 Å². The molecule has 0 aliphatic carbocycles. The van der Waals surface area contributed by atoms with Gasteiger partial charge in [0, 0.05) is 19.0 Å². The maximum Gasteiger partial charge on any atom is 0.180 e. The summed E-state index contributed by atoms with van der Waals surface area (Å²) in [7, 11) is 1.67. The van der Waals surface area contributed by atoms with Crippen LogP contribution in [0.4, 0.5) is 5.13 Å². The topological polar surface area (TPSA) is 78.8 Å². The summed E-state index contributed by atoms with van der Waals surface area (Å²) in [5.41, 5.74) is 6.50. The van der Waals surface area contributed by atoms with Crippen LogP contribution in [0.5, 0.6) is 0 Å². The Hall–Kier alpha value is -1.47. The van der Waals surface area contributed by atoms with E-state index in [0.29, 0.717) is 18.2 Å². The molecular weight excluding hydrogens is 226 g/mol. The molecule has 0 bridgehead atoms. The highest BCUT2D eigenvalue weighted by molar-refractivity contribution is 7.13. The van der Waals surface area contributed by atoms with E-state index < -0.39 is 0 Å². The predicted molar refractivity (Wildman–Crippen MR) is 61.2 cm³/mol. The van der Waals surface area contributed by atoms with Gasteiger partial charge in [-0.3, -0.25) is 0 Å². The first kappa shape index (κ1) is 11.0. The molecule has 16 heavy (non-hydrogen) atoms. The first-order valence-electron chi connectivity index (χ1n) is 4.85. The summed E-state index contributed by atoms with van der Waals surface area (Å²) in [6.45, 7) is 1.39. The summed E-state index contributed by atoms with van der Waals surface area (Å²) in [4.78, 5) is 4.19. The summed E-state index contributed by atoms with van der Waals surface area (Å²) in [6, 6.07) is 0. The van der Waals surface area contributed by atoms with Crippen molar-refractivity contribution in [2.24, 2.45) is 0 Å². The van der Waals surface area contributed by atoms with E-state index in [2.05, 4.69) is 15.2 Å². The molecule has 2 rings (SSSR count). The molecule has 6 nitrogen and oxygen atoms in total. The van der Waals surface area contributed by atoms with E-state index >= 15 is 0 Å². The van der Waals surface area contributed by atoms with Gasteiger partial charge in [0.25, 0.3) is 0 Å². The van der Waals surface area contributed by atoms with Crippen molar-refractivity contribution in [3.05, 3.63) is 23.2 Å². The third-order valence-corrected chi connectivity index (χ3v) is 2.86. The number of nitrogens with two attached hydrogens (primary N) is 1. The van der Waals surface area contributed by atoms with E-state index in [9.17, 15) is 0 Å². The van der Waals surface area contributed by atoms with Crippen LogP contribution in [0.15, 0.2) is 11.7 Å². The molecule has 0 amide bonds. The molecule has 0 radical (unpaired) electrons. The second-order valence-electron chi connectivity index (χ2n) is 3.29. The lowest BCUT2D eigenvalue weighted by Gasteiger charge is -2.03. The lowest BCUT2D eigenvalue weighted by molar-refractivity contribution is 0.186. The fourth-order valence-electron chi connectivity index (χ4n) is 1.36. The van der Waals surface area contributed by atoms with Crippen LogP contribution in [0.1, 0.15) is 11.5 Å². The van der Waals surface area contributed by atoms with E-state index in [0.717, 1.165) is 18.1 Å². The number of thiazole rings is 1. The quantitative estimate of drug-likeness (QED) is 0.824. The molecule has 2 aromatic heterocycles. The van der Waals surface area contributed by atoms with Crippen molar-refractivity contribution in [3.63, 3.8) is 0 Å². The molecule has 0 unspecified atom stereocenters. The van der Waals surface area contributed by atoms with Crippen LogP contribution in [-0.4, -0.2) is 33.5 Å². The van der Waals surface area contributed by atoms with Crippen molar-refractivity contribution >= 4 is 16.5 Å². The number of nitrogen functional groups attached to an aromatic ring is 1. The number of aromatic nitrogens is 4. The van der Waals surface area contributed by atoms with Gasteiger partial charge < -0.3 is 15.0 Å². The Morgan fingerprint density at radius 1 is 1.56 bits per heavy atom. The Bertz CT molecular complexity index is 452. The zero-order valence-electron chi connectivity index (χ0n) is 8.96. The normalized spacial score (nSPS) is 10.8. The van der Waals surface area contributed by atoms with Crippen LogP contribution < -0.4 is 5.73 Å². The largest absolute Gasteiger partial charge is 0.383 e. The zero-order chi connectivity index (χ0) is 11.4. The second-order valence-corrected chi connectivity index (χ2v) is 4.18. The first-order valence-corrected chi connectivity index (χ1v) is 5.73. The Morgan fingerprint density at radius 3 is 3.12 bits per heavy atom. The minimum atomic E-state index is 0.581. The second kappa shape index (κ2) is 5.04. The van der Waals surface area contributed by atoms with Gasteiger partial charge in [0.1, 0.15) is 12.2 Å². The molecule has 86 valence electrons. The monoisotopic (exact) mass is 239 g/mol. The number of hydrogen-bond donors (Lipinski definition) is 1. The van der Waals surface area contributed by atoms with E-state index in [4.69, 9.17) is 10.5 Å². The van der Waals surface area contributed by atoms with Gasteiger partial charge in [0.15, 0.2) is 5.13 Å². The maximum atomic E-state index is 5.57. The number of anilines is 1. The summed E-state index contributed by atoms with van der Waals surface area (Å²) in [6.07, 6.45) is 2.35. The minimum absolute atomic E-state index is 0.581. The molecular formula is C9H13N5OS. The zero-order valence-corrected chi connectivity index (χ0v) is 9.78. The van der Waals surface area contributed by atoms with Gasteiger partial charge in [-0.2, -0.15) is 0 Å². The Morgan fingerprint density at radius 2 is 2.44 bits per heavy atom. The highest BCUT2D eigenvalue weighted by Crippen LogP contribution is 2.13. The Kier molecular flexibility index (Phi) is 3.47. The van der Waals surface area contributed by atoms with Crippen LogP contribution >= 0.6 is 11.3 Å². The summed E-state index contributed by atoms with van der Waals surface area (Å²) < 4.78 is 6.97. The van der Waals surface area contributed by atoms with Gasteiger partial charge in [-0.15, -0.1) is 21.5 Å². The molecule has 7 heteroatoms. The predicted octanol–water partition coefficient (Wildman–Crippen LogP) is 0.554. The van der Waals surface area contributed by atoms with Gasteiger partial charge in [-0.05, 0) is 0 Å². The molecule has 0 fully saturated rings. The molecule has 0 saturated heterocycles. The fourth-order valence-corrected chi connectivity index (χ4v) is 1.92. The highest BCUT2D eigenvalue weighted by atomic mass is 32.1. The fraction of sp³-hybridized carbons (Fsp3) is 0.444. The van der Waals surface area contributed by atoms with Crippen molar-refractivity contribution in [2.45, 2.75) is 13.0 Å². The third-order valence-electron chi connectivity index (χ3n) is 2.14. The van der Waals surface area contributed by atoms with Crippen LogP contribution in [0.25, 0.3) is 0 Å². The van der Waals surface area contributed by atoms with Crippen molar-refractivity contribution < 1.29 is 4.74 Å². The lowest BCUT2D eigenvalue weighted by atomic mass is 10.3. The third kappa shape index (κ3) is 2.56. The summed E-state index contributed by atoms with van der Waals surface area (Å²) >= 11 is 1.43. The number of rotatable bonds is 5. The van der Waals surface area contributed by atoms with Crippen LogP contribution in [0.3, 0.4) is 0 Å². The van der Waals surface area contributed by atoms with Gasteiger partial charge >= 0.3 is 0 Å². The molecule has 0 atom stereocenters. The van der Waals surface area contributed by atoms with Crippen LogP contribution in [0.2, 0.25) is 0 Å². The SMILES string of the molecule is COCCn1cnnc1Cc1csc(N)n1. The smallest absolute Gasteiger partial charge is 0.180 e. The highest BCUT2D eigenvalue weighted by Gasteiger charge is 2.07. The van der Waals surface area contributed by atoms with Crippen molar-refractivity contribution in [3.8, 4) is 0 Å². The Balaban J connectivity index is 2.06. The summed E-state index contributed by atoms with van der Waals surface area (Å²) in [5.74, 6) is 0.877.